The van der Waals surface area contributed by atoms with Gasteiger partial charge < -0.3 is 0 Å². The number of aromatic nitrogens is 1. The number of nitrogens with zero attached hydrogens (tertiary/aromatic N) is 1. The van der Waals surface area contributed by atoms with Crippen molar-refractivity contribution < 1.29 is 0 Å². The Labute approximate surface area is 82.4 Å². The molecule has 66 valence electrons. The van der Waals surface area contributed by atoms with Crippen LogP contribution in [-0.2, 0) is 6.42 Å². The minimum Gasteiger partial charge on any atom is -0.256 e. The van der Waals surface area contributed by atoms with E-state index in [1.54, 1.807) is 6.20 Å². The highest BCUT2D eigenvalue weighted by molar-refractivity contribution is 6.36. The van der Waals surface area contributed by atoms with Gasteiger partial charge in [0.1, 0.15) is 0 Å². The molecule has 0 N–H and O–H groups in total. The number of hydrogen-bond acceptors (Lipinski definition) is 1. The molecular formula is C11H10ClN. The summed E-state index contributed by atoms with van der Waals surface area (Å²) in [7, 11) is 0. The molecule has 0 aliphatic carbocycles. The van der Waals surface area contributed by atoms with Gasteiger partial charge in [0.05, 0.1) is 10.5 Å². The van der Waals surface area contributed by atoms with Gasteiger partial charge in [0.25, 0.3) is 0 Å². The number of benzene rings is 1. The number of hydrogen-bond donors (Lipinski definition) is 0. The van der Waals surface area contributed by atoms with Crippen LogP contribution >= 0.6 is 11.6 Å². The van der Waals surface area contributed by atoms with Crippen molar-refractivity contribution in [2.75, 3.05) is 0 Å². The van der Waals surface area contributed by atoms with E-state index in [0.717, 1.165) is 22.3 Å². The van der Waals surface area contributed by atoms with Crippen LogP contribution in [0.4, 0.5) is 0 Å². The molecule has 0 bridgehead atoms. The molecule has 1 aromatic carbocycles. The van der Waals surface area contributed by atoms with E-state index >= 15 is 0 Å². The Bertz CT molecular complexity index is 437. The summed E-state index contributed by atoms with van der Waals surface area (Å²) in [5.41, 5.74) is 2.15. The van der Waals surface area contributed by atoms with Crippen molar-refractivity contribution in [3.63, 3.8) is 0 Å². The van der Waals surface area contributed by atoms with Crippen LogP contribution in [0.15, 0.2) is 30.5 Å². The summed E-state index contributed by atoms with van der Waals surface area (Å²) >= 11 is 6.20. The Hall–Kier alpha value is -1.08. The van der Waals surface area contributed by atoms with Crippen molar-refractivity contribution in [1.82, 2.24) is 4.98 Å². The first-order chi connectivity index (χ1) is 6.33. The van der Waals surface area contributed by atoms with Gasteiger partial charge in [-0.15, -0.1) is 0 Å². The van der Waals surface area contributed by atoms with Gasteiger partial charge in [-0.3, -0.25) is 4.98 Å². The van der Waals surface area contributed by atoms with Gasteiger partial charge in [-0.25, -0.2) is 0 Å². The molecule has 0 saturated heterocycles. The molecule has 0 spiro atoms. The molecule has 1 heterocycles. The number of rotatable bonds is 1. The van der Waals surface area contributed by atoms with Crippen molar-refractivity contribution in [2.24, 2.45) is 0 Å². The van der Waals surface area contributed by atoms with Crippen molar-refractivity contribution in [2.45, 2.75) is 13.3 Å². The van der Waals surface area contributed by atoms with E-state index in [9.17, 15) is 0 Å². The lowest BCUT2D eigenvalue weighted by Crippen LogP contribution is -1.85. The van der Waals surface area contributed by atoms with E-state index in [4.69, 9.17) is 11.6 Å². The van der Waals surface area contributed by atoms with E-state index in [1.165, 1.54) is 5.56 Å². The molecule has 0 aliphatic heterocycles. The molecule has 2 aromatic rings. The third-order valence-electron chi connectivity index (χ3n) is 2.18. The topological polar surface area (TPSA) is 12.9 Å². The van der Waals surface area contributed by atoms with Crippen LogP contribution in [0.1, 0.15) is 12.5 Å². The second kappa shape index (κ2) is 3.35. The summed E-state index contributed by atoms with van der Waals surface area (Å²) in [5, 5.41) is 1.89. The van der Waals surface area contributed by atoms with Gasteiger partial charge in [-0.1, -0.05) is 24.6 Å². The summed E-state index contributed by atoms with van der Waals surface area (Å²) in [4.78, 5) is 4.23. The van der Waals surface area contributed by atoms with E-state index in [0.29, 0.717) is 0 Å². The predicted molar refractivity (Wildman–Crippen MR) is 56.1 cm³/mol. The molecule has 2 heteroatoms. The monoisotopic (exact) mass is 191 g/mol. The fourth-order valence-corrected chi connectivity index (χ4v) is 1.79. The third kappa shape index (κ3) is 1.40. The number of pyridine rings is 1. The molecule has 0 radical (unpaired) electrons. The van der Waals surface area contributed by atoms with Crippen molar-refractivity contribution in [1.29, 1.82) is 0 Å². The Morgan fingerprint density at radius 1 is 1.31 bits per heavy atom. The average molecular weight is 192 g/mol. The lowest BCUT2D eigenvalue weighted by atomic mass is 10.1. The molecule has 0 fully saturated rings. The maximum absolute atomic E-state index is 6.20. The van der Waals surface area contributed by atoms with Crippen molar-refractivity contribution in [3.05, 3.63) is 41.0 Å². The Kier molecular flexibility index (Phi) is 2.19. The Morgan fingerprint density at radius 3 is 2.92 bits per heavy atom. The molecular weight excluding hydrogens is 182 g/mol. The molecule has 2 rings (SSSR count). The van der Waals surface area contributed by atoms with E-state index in [-0.39, 0.29) is 0 Å². The number of fused-ring (bicyclic) bond motifs is 1. The molecule has 1 aromatic heterocycles. The van der Waals surface area contributed by atoms with E-state index in [2.05, 4.69) is 11.9 Å². The first-order valence-electron chi connectivity index (χ1n) is 4.35. The van der Waals surface area contributed by atoms with Crippen molar-refractivity contribution >= 4 is 22.5 Å². The molecule has 0 unspecified atom stereocenters. The van der Waals surface area contributed by atoms with Crippen LogP contribution in [0.3, 0.4) is 0 Å². The standard InChI is InChI=1S/C11H10ClN/c1-2-8-5-6-10-9(11(8)12)4-3-7-13-10/h3-7H,2H2,1H3. The van der Waals surface area contributed by atoms with Gasteiger partial charge in [0.15, 0.2) is 0 Å². The summed E-state index contributed by atoms with van der Waals surface area (Å²) < 4.78 is 0. The minimum absolute atomic E-state index is 0.841. The second-order valence-corrected chi connectivity index (χ2v) is 3.34. The van der Waals surface area contributed by atoms with E-state index < -0.39 is 0 Å². The van der Waals surface area contributed by atoms with Crippen LogP contribution in [0.5, 0.6) is 0 Å². The molecule has 0 saturated carbocycles. The first-order valence-corrected chi connectivity index (χ1v) is 4.73. The van der Waals surface area contributed by atoms with E-state index in [1.807, 2.05) is 24.3 Å². The summed E-state index contributed by atoms with van der Waals surface area (Å²) in [6.45, 7) is 2.10. The zero-order chi connectivity index (χ0) is 9.26. The van der Waals surface area contributed by atoms with Gasteiger partial charge in [0.2, 0.25) is 0 Å². The second-order valence-electron chi connectivity index (χ2n) is 2.96. The van der Waals surface area contributed by atoms with Crippen molar-refractivity contribution in [3.8, 4) is 0 Å². The van der Waals surface area contributed by atoms with Gasteiger partial charge in [-0.05, 0) is 30.2 Å². The third-order valence-corrected chi connectivity index (χ3v) is 2.63. The van der Waals surface area contributed by atoms with Crippen LogP contribution < -0.4 is 0 Å². The number of halogens is 1. The van der Waals surface area contributed by atoms with Gasteiger partial charge in [-0.2, -0.15) is 0 Å². The molecule has 0 amide bonds. The number of aryl methyl sites for hydroxylation is 1. The summed E-state index contributed by atoms with van der Waals surface area (Å²) in [6.07, 6.45) is 2.74. The normalized spacial score (nSPS) is 10.6. The summed E-state index contributed by atoms with van der Waals surface area (Å²) in [5.74, 6) is 0. The predicted octanol–water partition coefficient (Wildman–Crippen LogP) is 3.45. The molecule has 1 nitrogen and oxygen atoms in total. The maximum atomic E-state index is 6.20. The smallest absolute Gasteiger partial charge is 0.0717 e. The zero-order valence-corrected chi connectivity index (χ0v) is 8.17. The lowest BCUT2D eigenvalue weighted by Gasteiger charge is -2.03. The van der Waals surface area contributed by atoms with Crippen LogP contribution in [0, 0.1) is 0 Å². The zero-order valence-electron chi connectivity index (χ0n) is 7.42. The quantitative estimate of drug-likeness (QED) is 0.673. The van der Waals surface area contributed by atoms with Gasteiger partial charge in [0, 0.05) is 11.6 Å². The Balaban J connectivity index is 2.79. The molecule has 0 aliphatic rings. The van der Waals surface area contributed by atoms with Crippen LogP contribution in [-0.4, -0.2) is 4.98 Å². The SMILES string of the molecule is CCc1ccc2ncccc2c1Cl. The highest BCUT2D eigenvalue weighted by Crippen LogP contribution is 2.25. The highest BCUT2D eigenvalue weighted by atomic mass is 35.5. The average Bonchev–Trinajstić information content (AvgIpc) is 2.19. The lowest BCUT2D eigenvalue weighted by molar-refractivity contribution is 1.14. The van der Waals surface area contributed by atoms with Crippen LogP contribution in [0.25, 0.3) is 10.9 Å². The minimum atomic E-state index is 0.841. The fraction of sp³-hybridized carbons (Fsp3) is 0.182. The summed E-state index contributed by atoms with van der Waals surface area (Å²) in [6, 6.07) is 7.97. The van der Waals surface area contributed by atoms with Crippen LogP contribution in [0.2, 0.25) is 5.02 Å². The first kappa shape index (κ1) is 8.52. The highest BCUT2D eigenvalue weighted by Gasteiger charge is 2.03. The maximum Gasteiger partial charge on any atom is 0.0717 e. The molecule has 0 atom stereocenters. The Morgan fingerprint density at radius 2 is 2.15 bits per heavy atom. The van der Waals surface area contributed by atoms with Gasteiger partial charge >= 0.3 is 0 Å². The molecule has 13 heavy (non-hydrogen) atoms. The fourth-order valence-electron chi connectivity index (χ4n) is 1.43. The largest absolute Gasteiger partial charge is 0.256 e.